The predicted molar refractivity (Wildman–Crippen MR) is 119 cm³/mol. The van der Waals surface area contributed by atoms with Crippen LogP contribution in [0.3, 0.4) is 0 Å². The summed E-state index contributed by atoms with van der Waals surface area (Å²) in [6.45, 7) is 7.37. The second kappa shape index (κ2) is 8.46. The van der Waals surface area contributed by atoms with E-state index in [1.165, 1.54) is 12.1 Å². The molecule has 2 heterocycles. The van der Waals surface area contributed by atoms with E-state index in [-0.39, 0.29) is 39.9 Å². The highest BCUT2D eigenvalue weighted by Crippen LogP contribution is 2.33. The molecule has 0 unspecified atom stereocenters. The molecule has 0 saturated carbocycles. The number of furan rings is 1. The van der Waals surface area contributed by atoms with Gasteiger partial charge in [0.1, 0.15) is 22.0 Å². The maximum atomic E-state index is 14.6. The molecule has 7 nitrogen and oxygen atoms in total. The monoisotopic (exact) mass is 460 g/mol. The van der Waals surface area contributed by atoms with Crippen LogP contribution in [0, 0.1) is 5.82 Å². The first kappa shape index (κ1) is 22.1. The number of halogens is 1. The van der Waals surface area contributed by atoms with Gasteiger partial charge in [-0.2, -0.15) is 0 Å². The SMILES string of the molecule is CCOc1cccc(C(C)C)c1S(=O)(=O)NC(=O)c1cc2c(F)cc(N3CCC3)cc2o1. The molecule has 0 radical (unpaired) electrons. The van der Waals surface area contributed by atoms with Crippen molar-refractivity contribution in [1.82, 2.24) is 4.72 Å². The molecule has 0 bridgehead atoms. The molecule has 1 fully saturated rings. The van der Waals surface area contributed by atoms with E-state index >= 15 is 0 Å². The number of anilines is 1. The minimum Gasteiger partial charge on any atom is -0.492 e. The summed E-state index contributed by atoms with van der Waals surface area (Å²) in [7, 11) is -4.29. The van der Waals surface area contributed by atoms with Gasteiger partial charge in [-0.25, -0.2) is 17.5 Å². The Labute approximate surface area is 186 Å². The number of nitrogens with zero attached hydrogens (tertiary/aromatic N) is 1. The highest BCUT2D eigenvalue weighted by molar-refractivity contribution is 7.90. The number of rotatable bonds is 7. The molecule has 2 aromatic carbocycles. The van der Waals surface area contributed by atoms with E-state index in [1.807, 2.05) is 23.5 Å². The molecule has 0 atom stereocenters. The molecule has 0 aliphatic carbocycles. The first-order valence-corrected chi connectivity index (χ1v) is 12.0. The van der Waals surface area contributed by atoms with Gasteiger partial charge in [0.25, 0.3) is 10.0 Å². The molecule has 1 amide bonds. The maximum Gasteiger partial charge on any atom is 0.300 e. The van der Waals surface area contributed by atoms with E-state index < -0.39 is 21.7 Å². The largest absolute Gasteiger partial charge is 0.492 e. The summed E-state index contributed by atoms with van der Waals surface area (Å²) in [5, 5.41) is 0.120. The van der Waals surface area contributed by atoms with Gasteiger partial charge in [0.2, 0.25) is 0 Å². The van der Waals surface area contributed by atoms with Gasteiger partial charge in [-0.05, 0) is 37.0 Å². The molecule has 9 heteroatoms. The predicted octanol–water partition coefficient (Wildman–Crippen LogP) is 4.42. The number of carbonyl (C=O) groups excluding carboxylic acids is 1. The Balaban J connectivity index is 1.68. The molecule has 170 valence electrons. The molecule has 1 aromatic heterocycles. The van der Waals surface area contributed by atoms with Crippen molar-refractivity contribution in [1.29, 1.82) is 0 Å². The molecule has 1 aliphatic rings. The minimum absolute atomic E-state index is 0.0902. The lowest BCUT2D eigenvalue weighted by atomic mass is 10.0. The van der Waals surface area contributed by atoms with Gasteiger partial charge in [-0.15, -0.1) is 0 Å². The lowest BCUT2D eigenvalue weighted by Gasteiger charge is -2.33. The number of nitrogens with one attached hydrogen (secondary N) is 1. The first-order chi connectivity index (χ1) is 15.2. The fraction of sp³-hybridized carbons (Fsp3) is 0.348. The molecule has 1 N–H and O–H groups in total. The van der Waals surface area contributed by atoms with Crippen LogP contribution in [0.5, 0.6) is 5.75 Å². The summed E-state index contributed by atoms with van der Waals surface area (Å²) in [4.78, 5) is 14.7. The number of benzene rings is 2. The Kier molecular flexibility index (Phi) is 5.85. The number of sulfonamides is 1. The third kappa shape index (κ3) is 4.04. The molecule has 3 aromatic rings. The zero-order valence-electron chi connectivity index (χ0n) is 18.1. The van der Waals surface area contributed by atoms with Gasteiger partial charge in [-0.1, -0.05) is 26.0 Å². The summed E-state index contributed by atoms with van der Waals surface area (Å²) in [6, 6.07) is 9.20. The number of carbonyl (C=O) groups is 1. The molecule has 4 rings (SSSR count). The van der Waals surface area contributed by atoms with E-state index in [0.29, 0.717) is 11.3 Å². The van der Waals surface area contributed by atoms with Crippen LogP contribution in [0.15, 0.2) is 45.7 Å². The third-order valence-electron chi connectivity index (χ3n) is 5.44. The summed E-state index contributed by atoms with van der Waals surface area (Å²) in [5.74, 6) is -1.76. The van der Waals surface area contributed by atoms with Gasteiger partial charge in [0.15, 0.2) is 5.76 Å². The Bertz CT molecular complexity index is 1280. The quantitative estimate of drug-likeness (QED) is 0.561. The Morgan fingerprint density at radius 1 is 1.25 bits per heavy atom. The fourth-order valence-corrected chi connectivity index (χ4v) is 5.17. The van der Waals surface area contributed by atoms with Crippen molar-refractivity contribution < 1.29 is 26.8 Å². The van der Waals surface area contributed by atoms with Crippen molar-refractivity contribution in [2.75, 3.05) is 24.6 Å². The van der Waals surface area contributed by atoms with E-state index in [9.17, 15) is 17.6 Å². The first-order valence-electron chi connectivity index (χ1n) is 10.5. The van der Waals surface area contributed by atoms with Crippen LogP contribution < -0.4 is 14.4 Å². The second-order valence-corrected chi connectivity index (χ2v) is 9.61. The van der Waals surface area contributed by atoms with Crippen LogP contribution in [0.1, 0.15) is 49.2 Å². The second-order valence-electron chi connectivity index (χ2n) is 7.99. The van der Waals surface area contributed by atoms with E-state index in [1.54, 1.807) is 31.2 Å². The number of amides is 1. The Morgan fingerprint density at radius 2 is 2.00 bits per heavy atom. The van der Waals surface area contributed by atoms with Crippen LogP contribution in [-0.2, 0) is 10.0 Å². The minimum atomic E-state index is -4.29. The van der Waals surface area contributed by atoms with Crippen LogP contribution >= 0.6 is 0 Å². The van der Waals surface area contributed by atoms with Gasteiger partial charge < -0.3 is 14.1 Å². The maximum absolute atomic E-state index is 14.6. The lowest BCUT2D eigenvalue weighted by Crippen LogP contribution is -2.36. The number of hydrogen-bond acceptors (Lipinski definition) is 6. The van der Waals surface area contributed by atoms with Crippen LogP contribution in [0.25, 0.3) is 11.0 Å². The van der Waals surface area contributed by atoms with Gasteiger partial charge in [0, 0.05) is 30.9 Å². The van der Waals surface area contributed by atoms with Crippen molar-refractivity contribution in [3.63, 3.8) is 0 Å². The standard InChI is InChI=1S/C23H25FN2O5S/c1-4-30-19-8-5-7-16(14(2)3)22(19)32(28,29)25-23(27)21-13-17-18(24)11-15(12-20(17)31-21)26-9-6-10-26/h5,7-8,11-14H,4,6,9-10H2,1-3H3,(H,25,27). The highest BCUT2D eigenvalue weighted by atomic mass is 32.2. The van der Waals surface area contributed by atoms with E-state index in [2.05, 4.69) is 0 Å². The van der Waals surface area contributed by atoms with Crippen molar-refractivity contribution in [2.45, 2.75) is 38.0 Å². The van der Waals surface area contributed by atoms with Crippen LogP contribution in [0.4, 0.5) is 10.1 Å². The zero-order valence-corrected chi connectivity index (χ0v) is 19.0. The molecule has 0 spiro atoms. The number of hydrogen-bond donors (Lipinski definition) is 1. The molecular formula is C23H25FN2O5S. The molecule has 32 heavy (non-hydrogen) atoms. The van der Waals surface area contributed by atoms with Crippen molar-refractivity contribution in [3.8, 4) is 5.75 Å². The summed E-state index contributed by atoms with van der Waals surface area (Å²) >= 11 is 0. The Morgan fingerprint density at radius 3 is 2.62 bits per heavy atom. The van der Waals surface area contributed by atoms with Crippen molar-refractivity contribution in [2.24, 2.45) is 0 Å². The zero-order chi connectivity index (χ0) is 23.0. The van der Waals surface area contributed by atoms with Crippen molar-refractivity contribution >= 4 is 32.6 Å². The normalized spacial score (nSPS) is 14.0. The molecule has 1 saturated heterocycles. The Hall–Kier alpha value is -3.07. The van der Waals surface area contributed by atoms with E-state index in [0.717, 1.165) is 19.5 Å². The van der Waals surface area contributed by atoms with Gasteiger partial charge >= 0.3 is 5.91 Å². The molecular weight excluding hydrogens is 435 g/mol. The summed E-state index contributed by atoms with van der Waals surface area (Å²) in [5.41, 5.74) is 1.38. The fourth-order valence-electron chi connectivity index (χ4n) is 3.72. The average Bonchev–Trinajstić information content (AvgIpc) is 3.11. The summed E-state index contributed by atoms with van der Waals surface area (Å²) < 4.78 is 54.0. The smallest absolute Gasteiger partial charge is 0.300 e. The van der Waals surface area contributed by atoms with Crippen LogP contribution in [-0.4, -0.2) is 34.0 Å². The summed E-state index contributed by atoms with van der Waals surface area (Å²) in [6.07, 6.45) is 1.03. The average molecular weight is 461 g/mol. The van der Waals surface area contributed by atoms with Gasteiger partial charge in [0.05, 0.1) is 12.0 Å². The highest BCUT2D eigenvalue weighted by Gasteiger charge is 2.29. The number of fused-ring (bicyclic) bond motifs is 1. The molecule has 1 aliphatic heterocycles. The van der Waals surface area contributed by atoms with E-state index in [4.69, 9.17) is 9.15 Å². The van der Waals surface area contributed by atoms with Gasteiger partial charge in [-0.3, -0.25) is 4.79 Å². The van der Waals surface area contributed by atoms with Crippen molar-refractivity contribution in [3.05, 3.63) is 53.5 Å². The topological polar surface area (TPSA) is 88.8 Å². The van der Waals surface area contributed by atoms with Crippen LogP contribution in [0.2, 0.25) is 0 Å². The number of ether oxygens (including phenoxy) is 1. The third-order valence-corrected chi connectivity index (χ3v) is 6.87. The lowest BCUT2D eigenvalue weighted by molar-refractivity contribution is 0.0956.